The summed E-state index contributed by atoms with van der Waals surface area (Å²) >= 11 is 3.29. The molecule has 0 aliphatic rings. The topological polar surface area (TPSA) is 52.5 Å². The number of aromatic hydroxyl groups is 1. The van der Waals surface area contributed by atoms with Crippen molar-refractivity contribution < 1.29 is 10.2 Å². The number of aliphatic hydroxyl groups is 1. The zero-order valence-corrected chi connectivity index (χ0v) is 10.5. The number of phenols is 1. The summed E-state index contributed by atoms with van der Waals surface area (Å²) < 4.78 is 0.705. The standard InChI is InChI=1S/C11H16BrNO2/c1-7-3-9(5-13-8(2)6-14)11(15)10(12)4-7/h3-4,8,13-15H,5-6H2,1-2H3/t8-/m1/s1. The van der Waals surface area contributed by atoms with Crippen LogP contribution in [0.1, 0.15) is 18.1 Å². The number of benzene rings is 1. The summed E-state index contributed by atoms with van der Waals surface area (Å²) in [6, 6.07) is 3.83. The Kier molecular flexibility index (Phi) is 4.57. The van der Waals surface area contributed by atoms with Crippen LogP contribution in [0.25, 0.3) is 0 Å². The highest BCUT2D eigenvalue weighted by atomic mass is 79.9. The van der Waals surface area contributed by atoms with Gasteiger partial charge in [-0.25, -0.2) is 0 Å². The Morgan fingerprint density at radius 3 is 2.73 bits per heavy atom. The predicted molar refractivity (Wildman–Crippen MR) is 63.9 cm³/mol. The molecule has 3 nitrogen and oxygen atoms in total. The summed E-state index contributed by atoms with van der Waals surface area (Å²) in [5.74, 6) is 0.262. The van der Waals surface area contributed by atoms with E-state index in [0.717, 1.165) is 11.1 Å². The third-order valence-electron chi connectivity index (χ3n) is 2.20. The van der Waals surface area contributed by atoms with Crippen LogP contribution in [0.3, 0.4) is 0 Å². The van der Waals surface area contributed by atoms with Gasteiger partial charge >= 0.3 is 0 Å². The summed E-state index contributed by atoms with van der Waals surface area (Å²) in [6.45, 7) is 4.51. The van der Waals surface area contributed by atoms with E-state index in [0.29, 0.717) is 11.0 Å². The van der Waals surface area contributed by atoms with E-state index in [1.54, 1.807) is 0 Å². The van der Waals surface area contributed by atoms with Crippen LogP contribution in [0, 0.1) is 6.92 Å². The van der Waals surface area contributed by atoms with Crippen LogP contribution in [-0.4, -0.2) is 22.9 Å². The van der Waals surface area contributed by atoms with Crippen LogP contribution < -0.4 is 5.32 Å². The van der Waals surface area contributed by atoms with E-state index in [9.17, 15) is 5.11 Å². The molecule has 15 heavy (non-hydrogen) atoms. The largest absolute Gasteiger partial charge is 0.506 e. The Morgan fingerprint density at radius 1 is 1.47 bits per heavy atom. The second-order valence-electron chi connectivity index (χ2n) is 3.72. The van der Waals surface area contributed by atoms with Gasteiger partial charge in [-0.2, -0.15) is 0 Å². The summed E-state index contributed by atoms with van der Waals surface area (Å²) in [5, 5.41) is 21.7. The van der Waals surface area contributed by atoms with Crippen LogP contribution in [0.2, 0.25) is 0 Å². The van der Waals surface area contributed by atoms with E-state index in [2.05, 4.69) is 21.2 Å². The maximum absolute atomic E-state index is 9.76. The molecular weight excluding hydrogens is 258 g/mol. The van der Waals surface area contributed by atoms with Crippen molar-refractivity contribution in [1.82, 2.24) is 5.32 Å². The fraction of sp³-hybridized carbons (Fsp3) is 0.455. The van der Waals surface area contributed by atoms with Gasteiger partial charge in [0.25, 0.3) is 0 Å². The second kappa shape index (κ2) is 5.49. The van der Waals surface area contributed by atoms with E-state index in [1.165, 1.54) is 0 Å². The molecule has 1 atom stereocenters. The number of halogens is 1. The number of aryl methyl sites for hydroxylation is 1. The summed E-state index contributed by atoms with van der Waals surface area (Å²) in [7, 11) is 0. The molecule has 0 radical (unpaired) electrons. The molecule has 3 N–H and O–H groups in total. The molecule has 0 aliphatic carbocycles. The Hall–Kier alpha value is -0.580. The molecule has 1 aromatic carbocycles. The fourth-order valence-electron chi connectivity index (χ4n) is 1.29. The minimum Gasteiger partial charge on any atom is -0.506 e. The second-order valence-corrected chi connectivity index (χ2v) is 4.57. The summed E-state index contributed by atoms with van der Waals surface area (Å²) in [6.07, 6.45) is 0. The zero-order valence-electron chi connectivity index (χ0n) is 8.92. The fourth-order valence-corrected chi connectivity index (χ4v) is 1.91. The summed E-state index contributed by atoms with van der Waals surface area (Å²) in [5.41, 5.74) is 1.93. The van der Waals surface area contributed by atoms with Crippen molar-refractivity contribution in [1.29, 1.82) is 0 Å². The van der Waals surface area contributed by atoms with Gasteiger partial charge in [-0.3, -0.25) is 0 Å². The van der Waals surface area contributed by atoms with Gasteiger partial charge in [-0.15, -0.1) is 0 Å². The number of hydrogen-bond donors (Lipinski definition) is 3. The minimum absolute atomic E-state index is 0.0312. The van der Waals surface area contributed by atoms with E-state index < -0.39 is 0 Å². The zero-order chi connectivity index (χ0) is 11.4. The van der Waals surface area contributed by atoms with Gasteiger partial charge in [0.15, 0.2) is 0 Å². The van der Waals surface area contributed by atoms with Crippen LogP contribution in [0.4, 0.5) is 0 Å². The highest BCUT2D eigenvalue weighted by molar-refractivity contribution is 9.10. The lowest BCUT2D eigenvalue weighted by Gasteiger charge is -2.13. The SMILES string of the molecule is Cc1cc(Br)c(O)c(CN[C@H](C)CO)c1. The number of aliphatic hydroxyl groups excluding tert-OH is 1. The van der Waals surface area contributed by atoms with Crippen molar-refractivity contribution in [2.75, 3.05) is 6.61 Å². The molecule has 0 aliphatic heterocycles. The van der Waals surface area contributed by atoms with Crippen molar-refractivity contribution in [3.05, 3.63) is 27.7 Å². The number of hydrogen-bond acceptors (Lipinski definition) is 3. The summed E-state index contributed by atoms with van der Waals surface area (Å²) in [4.78, 5) is 0. The van der Waals surface area contributed by atoms with Gasteiger partial charge in [-0.1, -0.05) is 6.07 Å². The molecule has 0 unspecified atom stereocenters. The lowest BCUT2D eigenvalue weighted by atomic mass is 10.1. The molecule has 4 heteroatoms. The van der Waals surface area contributed by atoms with Crippen molar-refractivity contribution in [3.8, 4) is 5.75 Å². The molecule has 0 bridgehead atoms. The lowest BCUT2D eigenvalue weighted by Crippen LogP contribution is -2.28. The molecule has 0 saturated heterocycles. The van der Waals surface area contributed by atoms with E-state index in [4.69, 9.17) is 5.11 Å². The average molecular weight is 274 g/mol. The molecule has 0 saturated carbocycles. The Morgan fingerprint density at radius 2 is 2.13 bits per heavy atom. The Bertz CT molecular complexity index is 342. The van der Waals surface area contributed by atoms with E-state index >= 15 is 0 Å². The van der Waals surface area contributed by atoms with Crippen LogP contribution in [-0.2, 0) is 6.54 Å². The third-order valence-corrected chi connectivity index (χ3v) is 2.81. The van der Waals surface area contributed by atoms with Crippen LogP contribution in [0.15, 0.2) is 16.6 Å². The van der Waals surface area contributed by atoms with Gasteiger partial charge in [0.05, 0.1) is 11.1 Å². The van der Waals surface area contributed by atoms with Crippen LogP contribution in [0.5, 0.6) is 5.75 Å². The van der Waals surface area contributed by atoms with Crippen molar-refractivity contribution in [2.24, 2.45) is 0 Å². The van der Waals surface area contributed by atoms with E-state index in [-0.39, 0.29) is 18.4 Å². The molecule has 1 rings (SSSR count). The van der Waals surface area contributed by atoms with Crippen molar-refractivity contribution >= 4 is 15.9 Å². The average Bonchev–Trinajstić information content (AvgIpc) is 2.20. The molecular formula is C11H16BrNO2. The van der Waals surface area contributed by atoms with Gasteiger partial charge in [0.2, 0.25) is 0 Å². The normalized spacial score (nSPS) is 12.8. The number of rotatable bonds is 4. The molecule has 0 fully saturated rings. The van der Waals surface area contributed by atoms with Gasteiger partial charge in [0, 0.05) is 18.2 Å². The Labute approximate surface area is 98.3 Å². The van der Waals surface area contributed by atoms with Gasteiger partial charge < -0.3 is 15.5 Å². The van der Waals surface area contributed by atoms with Crippen molar-refractivity contribution in [3.63, 3.8) is 0 Å². The lowest BCUT2D eigenvalue weighted by molar-refractivity contribution is 0.250. The van der Waals surface area contributed by atoms with Crippen LogP contribution >= 0.6 is 15.9 Å². The molecule has 0 aromatic heterocycles. The number of nitrogens with one attached hydrogen (secondary N) is 1. The molecule has 0 heterocycles. The first-order chi connectivity index (χ1) is 7.04. The van der Waals surface area contributed by atoms with E-state index in [1.807, 2.05) is 26.0 Å². The number of phenolic OH excluding ortho intramolecular Hbond substituents is 1. The highest BCUT2D eigenvalue weighted by Gasteiger charge is 2.07. The predicted octanol–water partition coefficient (Wildman–Crippen LogP) is 1.93. The van der Waals surface area contributed by atoms with Gasteiger partial charge in [-0.05, 0) is 41.4 Å². The first-order valence-electron chi connectivity index (χ1n) is 4.86. The monoisotopic (exact) mass is 273 g/mol. The molecule has 1 aromatic rings. The quantitative estimate of drug-likeness (QED) is 0.786. The third kappa shape index (κ3) is 3.48. The maximum Gasteiger partial charge on any atom is 0.134 e. The van der Waals surface area contributed by atoms with Crippen molar-refractivity contribution in [2.45, 2.75) is 26.4 Å². The minimum atomic E-state index is 0.0312. The maximum atomic E-state index is 9.76. The smallest absolute Gasteiger partial charge is 0.134 e. The van der Waals surface area contributed by atoms with Gasteiger partial charge in [0.1, 0.15) is 5.75 Å². The first-order valence-corrected chi connectivity index (χ1v) is 5.66. The Balaban J connectivity index is 2.76. The highest BCUT2D eigenvalue weighted by Crippen LogP contribution is 2.29. The molecule has 84 valence electrons. The molecule has 0 amide bonds. The molecule has 0 spiro atoms. The first kappa shape index (κ1) is 12.5.